The maximum atomic E-state index is 13.3. The van der Waals surface area contributed by atoms with Crippen molar-refractivity contribution in [3.8, 4) is 0 Å². The molecule has 10 heteroatoms. The van der Waals surface area contributed by atoms with Crippen molar-refractivity contribution in [3.63, 3.8) is 0 Å². The Kier molecular flexibility index (Phi) is 8.11. The van der Waals surface area contributed by atoms with Crippen LogP contribution in [0.4, 0.5) is 10.5 Å². The van der Waals surface area contributed by atoms with Gasteiger partial charge in [-0.2, -0.15) is 4.99 Å². The number of amides is 3. The molecule has 6 rings (SSSR count). The van der Waals surface area contributed by atoms with Gasteiger partial charge in [0.25, 0.3) is 11.8 Å². The van der Waals surface area contributed by atoms with Gasteiger partial charge in [0.05, 0.1) is 11.1 Å². The van der Waals surface area contributed by atoms with Crippen LogP contribution in [-0.4, -0.2) is 85.2 Å². The predicted molar refractivity (Wildman–Crippen MR) is 168 cm³/mol. The summed E-state index contributed by atoms with van der Waals surface area (Å²) in [5.41, 5.74) is 10.1. The van der Waals surface area contributed by atoms with Gasteiger partial charge in [0, 0.05) is 78.9 Å². The molecule has 3 aromatic carbocycles. The number of ether oxygens (including phenoxy) is 1. The molecule has 10 nitrogen and oxygen atoms in total. The molecule has 0 bridgehead atoms. The van der Waals surface area contributed by atoms with E-state index in [1.165, 1.54) is 0 Å². The minimum atomic E-state index is -0.604. The Hall–Kier alpha value is -4.70. The summed E-state index contributed by atoms with van der Waals surface area (Å²) in [7, 11) is 2.06. The van der Waals surface area contributed by atoms with Crippen LogP contribution < -0.4 is 10.6 Å². The summed E-state index contributed by atoms with van der Waals surface area (Å²) in [6.45, 7) is 4.75. The van der Waals surface area contributed by atoms with Gasteiger partial charge in [-0.3, -0.25) is 9.59 Å². The van der Waals surface area contributed by atoms with Crippen LogP contribution in [0.25, 0.3) is 21.8 Å². The minimum absolute atomic E-state index is 0.00413. The number of aromatic amines is 1. The highest BCUT2D eigenvalue weighted by atomic mass is 16.5. The number of anilines is 1. The lowest BCUT2D eigenvalue weighted by Gasteiger charge is -2.33. The van der Waals surface area contributed by atoms with E-state index in [1.54, 1.807) is 12.3 Å². The molecule has 1 atom stereocenters. The number of benzene rings is 3. The van der Waals surface area contributed by atoms with Crippen LogP contribution in [0.1, 0.15) is 39.1 Å². The average molecular weight is 581 g/mol. The number of nitrogens with two attached hydrogens (primary N) is 1. The van der Waals surface area contributed by atoms with Crippen molar-refractivity contribution < 1.29 is 19.1 Å². The minimum Gasteiger partial charge on any atom is -0.443 e. The van der Waals surface area contributed by atoms with E-state index in [0.29, 0.717) is 36.3 Å². The number of carbonyl (C=O) groups is 3. The maximum absolute atomic E-state index is 13.3. The fourth-order valence-electron chi connectivity index (χ4n) is 6.06. The number of H-pyrrole nitrogens is 1. The molecule has 2 saturated heterocycles. The Bertz CT molecular complexity index is 1690. The van der Waals surface area contributed by atoms with Gasteiger partial charge in [-0.05, 0) is 49.7 Å². The quantitative estimate of drug-likeness (QED) is 0.325. The van der Waals surface area contributed by atoms with Crippen LogP contribution in [0, 0.1) is 5.92 Å². The van der Waals surface area contributed by atoms with Gasteiger partial charge in [0.1, 0.15) is 6.61 Å². The number of fused-ring (bicyclic) bond motifs is 3. The second-order valence-corrected chi connectivity index (χ2v) is 11.4. The van der Waals surface area contributed by atoms with E-state index in [-0.39, 0.29) is 18.4 Å². The SMILES string of the molecule is CN1CCN(C(=O)c2ccc3c(c2)[nH]c2c(C(N)=O)ccc(N4CCCC(/C=N/C(=O)OCc5ccccc5)C4)c23)CC1. The molecule has 1 aromatic heterocycles. The first-order valence-corrected chi connectivity index (χ1v) is 14.7. The molecule has 2 fully saturated rings. The highest BCUT2D eigenvalue weighted by Crippen LogP contribution is 2.37. The van der Waals surface area contributed by atoms with Gasteiger partial charge in [-0.25, -0.2) is 4.79 Å². The second-order valence-electron chi connectivity index (χ2n) is 11.4. The number of primary amides is 1. The lowest BCUT2D eigenvalue weighted by Crippen LogP contribution is -2.47. The van der Waals surface area contributed by atoms with E-state index in [2.05, 4.69) is 26.8 Å². The monoisotopic (exact) mass is 580 g/mol. The van der Waals surface area contributed by atoms with E-state index in [9.17, 15) is 14.4 Å². The van der Waals surface area contributed by atoms with Crippen molar-refractivity contribution in [2.75, 3.05) is 51.2 Å². The molecule has 0 radical (unpaired) electrons. The molecule has 0 saturated carbocycles. The molecular formula is C33H36N6O4. The predicted octanol–water partition coefficient (Wildman–Crippen LogP) is 4.43. The maximum Gasteiger partial charge on any atom is 0.433 e. The third kappa shape index (κ3) is 6.10. The van der Waals surface area contributed by atoms with Crippen molar-refractivity contribution in [2.24, 2.45) is 16.6 Å². The van der Waals surface area contributed by atoms with E-state index < -0.39 is 12.0 Å². The van der Waals surface area contributed by atoms with E-state index in [1.807, 2.05) is 59.5 Å². The van der Waals surface area contributed by atoms with Crippen molar-refractivity contribution in [2.45, 2.75) is 19.4 Å². The number of rotatable bonds is 6. The molecule has 4 aromatic rings. The zero-order chi connectivity index (χ0) is 29.9. The van der Waals surface area contributed by atoms with Gasteiger partial charge in [-0.15, -0.1) is 0 Å². The van der Waals surface area contributed by atoms with E-state index in [4.69, 9.17) is 10.5 Å². The summed E-state index contributed by atoms with van der Waals surface area (Å²) >= 11 is 0. The van der Waals surface area contributed by atoms with Crippen LogP contribution in [0.5, 0.6) is 0 Å². The lowest BCUT2D eigenvalue weighted by atomic mass is 9.97. The summed E-state index contributed by atoms with van der Waals surface area (Å²) in [6.07, 6.45) is 2.91. The zero-order valence-corrected chi connectivity index (χ0v) is 24.3. The first-order chi connectivity index (χ1) is 20.9. The average Bonchev–Trinajstić information content (AvgIpc) is 3.42. The standard InChI is InChI=1S/C33H36N6O4/c1-37-14-16-38(17-15-37)32(41)24-9-10-25-27(18-24)36-30-26(31(34)40)11-12-28(29(25)30)39-13-5-8-23(20-39)19-35-33(42)43-21-22-6-3-2-4-7-22/h2-4,6-7,9-12,18-19,23,36H,5,8,13-17,20-21H2,1H3,(H2,34,40)/b35-19+. The number of piperidine rings is 1. The highest BCUT2D eigenvalue weighted by molar-refractivity contribution is 6.20. The van der Waals surface area contributed by atoms with Crippen LogP contribution in [-0.2, 0) is 11.3 Å². The molecule has 43 heavy (non-hydrogen) atoms. The van der Waals surface area contributed by atoms with Crippen molar-refractivity contribution in [1.82, 2.24) is 14.8 Å². The van der Waals surface area contributed by atoms with Crippen LogP contribution in [0.15, 0.2) is 65.7 Å². The molecular weight excluding hydrogens is 544 g/mol. The zero-order valence-electron chi connectivity index (χ0n) is 24.3. The second kappa shape index (κ2) is 12.3. The number of hydrogen-bond donors (Lipinski definition) is 2. The number of aromatic nitrogens is 1. The van der Waals surface area contributed by atoms with Crippen LogP contribution in [0.2, 0.25) is 0 Å². The number of nitrogens with zero attached hydrogens (tertiary/aromatic N) is 4. The number of likely N-dealkylation sites (N-methyl/N-ethyl adjacent to an activating group) is 1. The topological polar surface area (TPSA) is 124 Å². The Morgan fingerprint density at radius 3 is 2.58 bits per heavy atom. The van der Waals surface area contributed by atoms with Crippen molar-refractivity contribution in [1.29, 1.82) is 0 Å². The summed E-state index contributed by atoms with van der Waals surface area (Å²) in [4.78, 5) is 51.8. The molecule has 3 N–H and O–H groups in total. The van der Waals surface area contributed by atoms with Crippen molar-refractivity contribution in [3.05, 3.63) is 77.4 Å². The van der Waals surface area contributed by atoms with E-state index >= 15 is 0 Å². The molecule has 3 amide bonds. The number of piperazine rings is 1. The van der Waals surface area contributed by atoms with Crippen LogP contribution in [0.3, 0.4) is 0 Å². The van der Waals surface area contributed by atoms with Gasteiger partial charge >= 0.3 is 6.09 Å². The number of carbonyl (C=O) groups excluding carboxylic acids is 3. The largest absolute Gasteiger partial charge is 0.443 e. The van der Waals surface area contributed by atoms with Gasteiger partial charge < -0.3 is 30.2 Å². The van der Waals surface area contributed by atoms with E-state index in [0.717, 1.165) is 60.0 Å². The number of aliphatic imine (C=N–C) groups is 1. The molecule has 222 valence electrons. The number of hydrogen-bond acceptors (Lipinski definition) is 6. The highest BCUT2D eigenvalue weighted by Gasteiger charge is 2.25. The number of nitrogens with one attached hydrogen (secondary N) is 1. The Morgan fingerprint density at radius 2 is 1.81 bits per heavy atom. The first-order valence-electron chi connectivity index (χ1n) is 14.7. The first kappa shape index (κ1) is 28.4. The Morgan fingerprint density at radius 1 is 1.02 bits per heavy atom. The lowest BCUT2D eigenvalue weighted by molar-refractivity contribution is 0.0664. The Labute approximate surface area is 250 Å². The summed E-state index contributed by atoms with van der Waals surface area (Å²) in [6, 6.07) is 18.9. The molecule has 0 spiro atoms. The third-order valence-electron chi connectivity index (χ3n) is 8.43. The van der Waals surface area contributed by atoms with Crippen LogP contribution >= 0.6 is 0 Å². The molecule has 2 aliphatic rings. The fraction of sp³-hybridized carbons (Fsp3) is 0.333. The summed E-state index contributed by atoms with van der Waals surface area (Å²) in [5, 5.41) is 1.81. The molecule has 2 aliphatic heterocycles. The fourth-order valence-corrected chi connectivity index (χ4v) is 6.06. The van der Waals surface area contributed by atoms with Crippen molar-refractivity contribution >= 4 is 51.6 Å². The van der Waals surface area contributed by atoms with Gasteiger partial charge in [0.15, 0.2) is 0 Å². The third-order valence-corrected chi connectivity index (χ3v) is 8.43. The Balaban J connectivity index is 1.25. The summed E-state index contributed by atoms with van der Waals surface area (Å²) < 4.78 is 5.30. The summed E-state index contributed by atoms with van der Waals surface area (Å²) in [5.74, 6) is -0.458. The van der Waals surface area contributed by atoms with Gasteiger partial charge in [-0.1, -0.05) is 36.4 Å². The molecule has 1 unspecified atom stereocenters. The molecule has 0 aliphatic carbocycles. The van der Waals surface area contributed by atoms with Gasteiger partial charge in [0.2, 0.25) is 0 Å². The smallest absolute Gasteiger partial charge is 0.433 e. The molecule has 3 heterocycles. The normalized spacial score (nSPS) is 18.0.